The van der Waals surface area contributed by atoms with Gasteiger partial charge in [-0.15, -0.1) is 0 Å². The number of aliphatic hydroxyl groups excluding tert-OH is 1. The van der Waals surface area contributed by atoms with Crippen molar-refractivity contribution in [2.24, 2.45) is 5.92 Å². The van der Waals surface area contributed by atoms with Crippen LogP contribution < -0.4 is 0 Å². The maximum absolute atomic E-state index is 9.48. The second-order valence-corrected chi connectivity index (χ2v) is 3.73. The maximum Gasteiger partial charge on any atom is 0.0671 e. The first-order chi connectivity index (χ1) is 6.34. The molecule has 74 valence electrons. The van der Waals surface area contributed by atoms with Crippen LogP contribution >= 0.6 is 0 Å². The van der Waals surface area contributed by atoms with Crippen LogP contribution in [-0.2, 0) is 0 Å². The summed E-state index contributed by atoms with van der Waals surface area (Å²) in [6.45, 7) is 2.22. The molecule has 1 N–H and O–H groups in total. The lowest BCUT2D eigenvalue weighted by Gasteiger charge is -2.07. The second kappa shape index (κ2) is 5.98. The third-order valence-electron chi connectivity index (χ3n) is 2.51. The lowest BCUT2D eigenvalue weighted by Crippen LogP contribution is -2.10. The van der Waals surface area contributed by atoms with E-state index in [1.54, 1.807) is 0 Å². The third-order valence-corrected chi connectivity index (χ3v) is 2.51. The van der Waals surface area contributed by atoms with Gasteiger partial charge >= 0.3 is 0 Å². The van der Waals surface area contributed by atoms with Gasteiger partial charge in [-0.3, -0.25) is 0 Å². The SMILES string of the molecule is CCCCCC=CC1C=CCC1O. The molecule has 2 atom stereocenters. The number of rotatable bonds is 5. The molecule has 0 fully saturated rings. The Balaban J connectivity index is 2.12. The zero-order chi connectivity index (χ0) is 9.52. The van der Waals surface area contributed by atoms with Gasteiger partial charge in [0, 0.05) is 5.92 Å². The van der Waals surface area contributed by atoms with E-state index in [1.165, 1.54) is 19.3 Å². The first kappa shape index (κ1) is 10.5. The van der Waals surface area contributed by atoms with Crippen LogP contribution in [-0.4, -0.2) is 11.2 Å². The fourth-order valence-electron chi connectivity index (χ4n) is 1.62. The Morgan fingerprint density at radius 1 is 1.46 bits per heavy atom. The van der Waals surface area contributed by atoms with Crippen LogP contribution in [0.4, 0.5) is 0 Å². The van der Waals surface area contributed by atoms with Gasteiger partial charge in [0.1, 0.15) is 0 Å². The monoisotopic (exact) mass is 180 g/mol. The van der Waals surface area contributed by atoms with E-state index in [-0.39, 0.29) is 12.0 Å². The van der Waals surface area contributed by atoms with E-state index in [0.717, 1.165) is 12.8 Å². The molecule has 0 radical (unpaired) electrons. The number of allylic oxidation sites excluding steroid dienone is 1. The second-order valence-electron chi connectivity index (χ2n) is 3.73. The van der Waals surface area contributed by atoms with Crippen molar-refractivity contribution in [2.75, 3.05) is 0 Å². The molecule has 0 aromatic carbocycles. The summed E-state index contributed by atoms with van der Waals surface area (Å²) in [5.41, 5.74) is 0. The maximum atomic E-state index is 9.48. The minimum absolute atomic E-state index is 0.164. The summed E-state index contributed by atoms with van der Waals surface area (Å²) in [4.78, 5) is 0. The van der Waals surface area contributed by atoms with Crippen molar-refractivity contribution in [3.05, 3.63) is 24.3 Å². The molecule has 0 saturated carbocycles. The standard InChI is InChI=1S/C12H20O/c1-2-3-4-5-6-8-11-9-7-10-12(11)13/h6-9,11-13H,2-5,10H2,1H3. The first-order valence-electron chi connectivity index (χ1n) is 5.36. The smallest absolute Gasteiger partial charge is 0.0671 e. The van der Waals surface area contributed by atoms with Gasteiger partial charge in [-0.2, -0.15) is 0 Å². The summed E-state index contributed by atoms with van der Waals surface area (Å²) in [5, 5.41) is 9.48. The van der Waals surface area contributed by atoms with Gasteiger partial charge in [-0.05, 0) is 19.3 Å². The van der Waals surface area contributed by atoms with Gasteiger partial charge in [-0.25, -0.2) is 0 Å². The molecule has 1 aliphatic carbocycles. The lowest BCUT2D eigenvalue weighted by molar-refractivity contribution is 0.161. The minimum atomic E-state index is -0.164. The Morgan fingerprint density at radius 2 is 2.31 bits per heavy atom. The molecule has 1 aliphatic rings. The molecular weight excluding hydrogens is 160 g/mol. The lowest BCUT2D eigenvalue weighted by atomic mass is 10.1. The largest absolute Gasteiger partial charge is 0.392 e. The van der Waals surface area contributed by atoms with Crippen molar-refractivity contribution >= 4 is 0 Å². The van der Waals surface area contributed by atoms with Crippen molar-refractivity contribution in [1.29, 1.82) is 0 Å². The van der Waals surface area contributed by atoms with E-state index in [4.69, 9.17) is 0 Å². The molecule has 1 nitrogen and oxygen atoms in total. The molecule has 0 aromatic heterocycles. The molecule has 13 heavy (non-hydrogen) atoms. The Hall–Kier alpha value is -0.560. The van der Waals surface area contributed by atoms with E-state index in [2.05, 4.69) is 31.2 Å². The van der Waals surface area contributed by atoms with Crippen LogP contribution in [0, 0.1) is 5.92 Å². The van der Waals surface area contributed by atoms with E-state index < -0.39 is 0 Å². The fraction of sp³-hybridized carbons (Fsp3) is 0.667. The number of unbranched alkanes of at least 4 members (excludes halogenated alkanes) is 3. The summed E-state index contributed by atoms with van der Waals surface area (Å²) in [5.74, 6) is 0.279. The van der Waals surface area contributed by atoms with Crippen molar-refractivity contribution in [3.8, 4) is 0 Å². The van der Waals surface area contributed by atoms with Crippen molar-refractivity contribution in [1.82, 2.24) is 0 Å². The average molecular weight is 180 g/mol. The molecular formula is C12H20O. The van der Waals surface area contributed by atoms with Crippen molar-refractivity contribution in [3.63, 3.8) is 0 Å². The van der Waals surface area contributed by atoms with Crippen LogP contribution in [0.25, 0.3) is 0 Å². The molecule has 0 amide bonds. The summed E-state index contributed by atoms with van der Waals surface area (Å²) in [6, 6.07) is 0. The summed E-state index contributed by atoms with van der Waals surface area (Å²) in [6.07, 6.45) is 14.2. The molecule has 1 rings (SSSR count). The van der Waals surface area contributed by atoms with Crippen molar-refractivity contribution < 1.29 is 5.11 Å². The normalized spacial score (nSPS) is 27.5. The summed E-state index contributed by atoms with van der Waals surface area (Å²) in [7, 11) is 0. The number of hydrogen-bond acceptors (Lipinski definition) is 1. The van der Waals surface area contributed by atoms with Gasteiger partial charge in [0.25, 0.3) is 0 Å². The molecule has 0 heterocycles. The van der Waals surface area contributed by atoms with Crippen LogP contribution in [0.15, 0.2) is 24.3 Å². The number of aliphatic hydroxyl groups is 1. The average Bonchev–Trinajstić information content (AvgIpc) is 2.52. The molecule has 0 aromatic rings. The van der Waals surface area contributed by atoms with Crippen LogP contribution in [0.3, 0.4) is 0 Å². The van der Waals surface area contributed by atoms with Crippen LogP contribution in [0.1, 0.15) is 39.0 Å². The molecule has 0 aliphatic heterocycles. The number of hydrogen-bond donors (Lipinski definition) is 1. The Labute approximate surface area is 81.2 Å². The van der Waals surface area contributed by atoms with Crippen molar-refractivity contribution in [2.45, 2.75) is 45.1 Å². The highest BCUT2D eigenvalue weighted by Crippen LogP contribution is 2.19. The fourth-order valence-corrected chi connectivity index (χ4v) is 1.62. The zero-order valence-corrected chi connectivity index (χ0v) is 8.45. The zero-order valence-electron chi connectivity index (χ0n) is 8.45. The van der Waals surface area contributed by atoms with E-state index in [9.17, 15) is 5.11 Å². The molecule has 1 heteroatoms. The first-order valence-corrected chi connectivity index (χ1v) is 5.36. The van der Waals surface area contributed by atoms with Gasteiger partial charge in [0.15, 0.2) is 0 Å². The Bertz CT molecular complexity index is 182. The van der Waals surface area contributed by atoms with Gasteiger partial charge < -0.3 is 5.11 Å². The Kier molecular flexibility index (Phi) is 4.84. The predicted octanol–water partition coefficient (Wildman–Crippen LogP) is 3.06. The van der Waals surface area contributed by atoms with Gasteiger partial charge in [0.05, 0.1) is 6.10 Å². The summed E-state index contributed by atoms with van der Waals surface area (Å²) < 4.78 is 0. The van der Waals surface area contributed by atoms with E-state index in [0.29, 0.717) is 0 Å². The minimum Gasteiger partial charge on any atom is -0.392 e. The van der Waals surface area contributed by atoms with E-state index >= 15 is 0 Å². The van der Waals surface area contributed by atoms with E-state index in [1.807, 2.05) is 0 Å². The summed E-state index contributed by atoms with van der Waals surface area (Å²) >= 11 is 0. The third kappa shape index (κ3) is 3.77. The Morgan fingerprint density at radius 3 is 2.92 bits per heavy atom. The highest BCUT2D eigenvalue weighted by Gasteiger charge is 2.16. The van der Waals surface area contributed by atoms with Gasteiger partial charge in [-0.1, -0.05) is 44.1 Å². The van der Waals surface area contributed by atoms with Gasteiger partial charge in [0.2, 0.25) is 0 Å². The molecule has 0 spiro atoms. The predicted molar refractivity (Wildman–Crippen MR) is 56.5 cm³/mol. The highest BCUT2D eigenvalue weighted by atomic mass is 16.3. The van der Waals surface area contributed by atoms with Crippen LogP contribution in [0.2, 0.25) is 0 Å². The molecule has 0 saturated heterocycles. The topological polar surface area (TPSA) is 20.2 Å². The molecule has 0 bridgehead atoms. The molecule has 2 unspecified atom stereocenters. The quantitative estimate of drug-likeness (QED) is 0.509. The van der Waals surface area contributed by atoms with Crippen LogP contribution in [0.5, 0.6) is 0 Å². The highest BCUT2D eigenvalue weighted by molar-refractivity contribution is 5.10.